The molecule has 3 aromatic carbocycles. The maximum absolute atomic E-state index is 13.4. The quantitative estimate of drug-likeness (QED) is 0.260. The topological polar surface area (TPSA) is 88.5 Å². The second-order valence-corrected chi connectivity index (χ2v) is 9.47. The fraction of sp³-hybridized carbons (Fsp3) is 0.267. The van der Waals surface area contributed by atoms with Gasteiger partial charge in [-0.25, -0.2) is 0 Å². The molecule has 0 bridgehead atoms. The number of rotatable bonds is 8. The van der Waals surface area contributed by atoms with Gasteiger partial charge in [-0.2, -0.15) is 0 Å². The Kier molecular flexibility index (Phi) is 6.96. The van der Waals surface area contributed by atoms with E-state index in [1.54, 1.807) is 30.3 Å². The van der Waals surface area contributed by atoms with Crippen molar-refractivity contribution in [2.24, 2.45) is 0 Å². The molecule has 1 N–H and O–H groups in total. The van der Waals surface area contributed by atoms with Crippen LogP contribution in [0.4, 0.5) is 5.69 Å². The van der Waals surface area contributed by atoms with Gasteiger partial charge in [-0.05, 0) is 66.1 Å². The van der Waals surface area contributed by atoms with E-state index in [4.69, 9.17) is 14.2 Å². The third-order valence-electron chi connectivity index (χ3n) is 6.66. The monoisotopic (exact) mass is 514 g/mol. The van der Waals surface area contributed by atoms with Crippen molar-refractivity contribution >= 4 is 23.1 Å². The molecule has 0 spiro atoms. The first-order valence-electron chi connectivity index (χ1n) is 12.5. The molecule has 1 unspecified atom stereocenters. The second-order valence-electron chi connectivity index (χ2n) is 9.47. The minimum absolute atomic E-state index is 0.0515. The van der Waals surface area contributed by atoms with Crippen LogP contribution in [-0.4, -0.2) is 49.2 Å². The van der Waals surface area contributed by atoms with Crippen molar-refractivity contribution in [3.05, 3.63) is 89.0 Å². The van der Waals surface area contributed by atoms with Crippen LogP contribution in [0.2, 0.25) is 0 Å². The predicted molar refractivity (Wildman–Crippen MR) is 143 cm³/mol. The van der Waals surface area contributed by atoms with Crippen LogP contribution in [0.3, 0.4) is 0 Å². The summed E-state index contributed by atoms with van der Waals surface area (Å²) in [7, 11) is 3.88. The number of aliphatic hydroxyl groups is 1. The van der Waals surface area contributed by atoms with Gasteiger partial charge in [0.2, 0.25) is 6.79 Å². The van der Waals surface area contributed by atoms with Gasteiger partial charge in [0, 0.05) is 31.9 Å². The number of amides is 1. The minimum Gasteiger partial charge on any atom is -0.507 e. The number of nitrogens with zero attached hydrogens (tertiary/aromatic N) is 2. The molecule has 2 aliphatic rings. The SMILES string of the molecule is CCCOc1ccc(/C(O)=C2\C(=O)C(=O)N(Cc3ccc4c(c3)OCO4)C2c2ccc(N(C)C)cc2)cc1. The third kappa shape index (κ3) is 4.77. The number of anilines is 1. The predicted octanol–water partition coefficient (Wildman–Crippen LogP) is 4.89. The lowest BCUT2D eigenvalue weighted by Crippen LogP contribution is -2.29. The molecule has 5 rings (SSSR count). The molecule has 2 heterocycles. The van der Waals surface area contributed by atoms with Crippen LogP contribution in [0, 0.1) is 0 Å². The zero-order valence-electron chi connectivity index (χ0n) is 21.6. The van der Waals surface area contributed by atoms with E-state index in [-0.39, 0.29) is 24.7 Å². The molecular weight excluding hydrogens is 484 g/mol. The Morgan fingerprint density at radius 3 is 2.39 bits per heavy atom. The highest BCUT2D eigenvalue weighted by atomic mass is 16.7. The fourth-order valence-corrected chi connectivity index (χ4v) is 4.66. The van der Waals surface area contributed by atoms with E-state index in [1.807, 2.05) is 62.3 Å². The highest BCUT2D eigenvalue weighted by Gasteiger charge is 2.46. The summed E-state index contributed by atoms with van der Waals surface area (Å²) in [5, 5.41) is 11.4. The average molecular weight is 515 g/mol. The lowest BCUT2D eigenvalue weighted by molar-refractivity contribution is -0.140. The van der Waals surface area contributed by atoms with Crippen molar-refractivity contribution in [1.82, 2.24) is 4.90 Å². The van der Waals surface area contributed by atoms with Gasteiger partial charge in [0.1, 0.15) is 11.5 Å². The van der Waals surface area contributed by atoms with E-state index in [0.29, 0.717) is 29.4 Å². The smallest absolute Gasteiger partial charge is 0.295 e. The molecule has 0 saturated carbocycles. The maximum Gasteiger partial charge on any atom is 0.295 e. The first-order valence-corrected chi connectivity index (χ1v) is 12.5. The number of likely N-dealkylation sites (tertiary alicyclic amines) is 1. The molecule has 1 fully saturated rings. The summed E-state index contributed by atoms with van der Waals surface area (Å²) in [5.74, 6) is 0.280. The summed E-state index contributed by atoms with van der Waals surface area (Å²) in [5.41, 5.74) is 2.97. The zero-order chi connectivity index (χ0) is 26.8. The van der Waals surface area contributed by atoms with Gasteiger partial charge in [0.25, 0.3) is 11.7 Å². The number of hydrogen-bond acceptors (Lipinski definition) is 7. The Morgan fingerprint density at radius 1 is 1.00 bits per heavy atom. The van der Waals surface area contributed by atoms with Gasteiger partial charge in [-0.15, -0.1) is 0 Å². The van der Waals surface area contributed by atoms with Gasteiger partial charge < -0.3 is 29.1 Å². The van der Waals surface area contributed by atoms with E-state index in [2.05, 4.69) is 0 Å². The number of carbonyl (C=O) groups excluding carboxylic acids is 2. The van der Waals surface area contributed by atoms with Crippen molar-refractivity contribution in [1.29, 1.82) is 0 Å². The van der Waals surface area contributed by atoms with E-state index >= 15 is 0 Å². The number of carbonyl (C=O) groups is 2. The lowest BCUT2D eigenvalue weighted by Gasteiger charge is -2.26. The lowest BCUT2D eigenvalue weighted by atomic mass is 9.95. The van der Waals surface area contributed by atoms with E-state index in [9.17, 15) is 14.7 Å². The Morgan fingerprint density at radius 2 is 1.71 bits per heavy atom. The van der Waals surface area contributed by atoms with Crippen LogP contribution in [0.1, 0.15) is 36.1 Å². The van der Waals surface area contributed by atoms with Gasteiger partial charge in [-0.3, -0.25) is 9.59 Å². The Bertz CT molecular complexity index is 1380. The summed E-state index contributed by atoms with van der Waals surface area (Å²) >= 11 is 0. The molecule has 3 aromatic rings. The van der Waals surface area contributed by atoms with E-state index in [0.717, 1.165) is 23.2 Å². The molecule has 1 amide bonds. The highest BCUT2D eigenvalue weighted by molar-refractivity contribution is 6.46. The van der Waals surface area contributed by atoms with Crippen LogP contribution >= 0.6 is 0 Å². The van der Waals surface area contributed by atoms with Crippen LogP contribution in [0.15, 0.2) is 72.3 Å². The maximum atomic E-state index is 13.4. The summed E-state index contributed by atoms with van der Waals surface area (Å²) < 4.78 is 16.5. The molecule has 0 aromatic heterocycles. The molecule has 0 aliphatic carbocycles. The first kappa shape index (κ1) is 25.2. The van der Waals surface area contributed by atoms with Gasteiger partial charge in [0.15, 0.2) is 11.5 Å². The third-order valence-corrected chi connectivity index (χ3v) is 6.66. The Labute approximate surface area is 221 Å². The molecule has 8 nitrogen and oxygen atoms in total. The number of benzene rings is 3. The van der Waals surface area contributed by atoms with E-state index in [1.165, 1.54) is 4.90 Å². The summed E-state index contributed by atoms with van der Waals surface area (Å²) in [6.07, 6.45) is 0.876. The highest BCUT2D eigenvalue weighted by Crippen LogP contribution is 2.41. The molecule has 2 aliphatic heterocycles. The van der Waals surface area contributed by atoms with Crippen LogP contribution < -0.4 is 19.1 Å². The van der Waals surface area contributed by atoms with Crippen LogP contribution in [-0.2, 0) is 16.1 Å². The first-order chi connectivity index (χ1) is 18.4. The number of ketones is 1. The molecule has 0 radical (unpaired) electrons. The van der Waals surface area contributed by atoms with Gasteiger partial charge >= 0.3 is 0 Å². The van der Waals surface area contributed by atoms with Crippen molar-refractivity contribution in [2.45, 2.75) is 25.9 Å². The fourth-order valence-electron chi connectivity index (χ4n) is 4.66. The van der Waals surface area contributed by atoms with Crippen molar-refractivity contribution in [3.63, 3.8) is 0 Å². The Balaban J connectivity index is 1.56. The summed E-state index contributed by atoms with van der Waals surface area (Å²) in [4.78, 5) is 30.2. The number of Topliss-reactive ketones (excluding diaryl/α,β-unsaturated/α-hetero) is 1. The molecular formula is C30H30N2O6. The standard InChI is InChI=1S/C30H30N2O6/c1-4-15-36-23-12-8-21(9-13-23)28(33)26-27(20-6-10-22(11-7-20)31(2)3)32(30(35)29(26)34)17-19-5-14-24-25(16-19)38-18-37-24/h5-14,16,27,33H,4,15,17-18H2,1-3H3/b28-26+. The largest absolute Gasteiger partial charge is 0.507 e. The molecule has 1 atom stereocenters. The van der Waals surface area contributed by atoms with Crippen molar-refractivity contribution in [2.75, 3.05) is 32.4 Å². The number of hydrogen-bond donors (Lipinski definition) is 1. The molecule has 8 heteroatoms. The molecule has 196 valence electrons. The number of ether oxygens (including phenoxy) is 3. The molecule has 38 heavy (non-hydrogen) atoms. The second kappa shape index (κ2) is 10.5. The number of fused-ring (bicyclic) bond motifs is 1. The van der Waals surface area contributed by atoms with Gasteiger partial charge in [0.05, 0.1) is 18.2 Å². The number of aliphatic hydroxyl groups excluding tert-OH is 1. The normalized spacial score (nSPS) is 17.7. The van der Waals surface area contributed by atoms with Crippen molar-refractivity contribution in [3.8, 4) is 17.2 Å². The zero-order valence-corrected chi connectivity index (χ0v) is 21.6. The average Bonchev–Trinajstić information content (AvgIpc) is 3.50. The van der Waals surface area contributed by atoms with Crippen LogP contribution in [0.25, 0.3) is 5.76 Å². The van der Waals surface area contributed by atoms with Crippen molar-refractivity contribution < 1.29 is 28.9 Å². The van der Waals surface area contributed by atoms with E-state index < -0.39 is 17.7 Å². The van der Waals surface area contributed by atoms with Crippen LogP contribution in [0.5, 0.6) is 17.2 Å². The molecule has 1 saturated heterocycles. The Hall–Kier alpha value is -4.46. The summed E-state index contributed by atoms with van der Waals surface area (Å²) in [6, 6.07) is 19.2. The minimum atomic E-state index is -0.771. The summed E-state index contributed by atoms with van der Waals surface area (Å²) in [6.45, 7) is 2.90. The van der Waals surface area contributed by atoms with Gasteiger partial charge in [-0.1, -0.05) is 25.1 Å².